The van der Waals surface area contributed by atoms with Gasteiger partial charge in [-0.3, -0.25) is 14.5 Å². The lowest BCUT2D eigenvalue weighted by Gasteiger charge is -2.26. The predicted octanol–water partition coefficient (Wildman–Crippen LogP) is 6.30. The number of phenolic OH excluding ortho intramolecular Hbond substituents is 1. The number of aromatic hydroxyl groups is 1. The summed E-state index contributed by atoms with van der Waals surface area (Å²) < 4.78 is 5.37. The van der Waals surface area contributed by atoms with E-state index in [1.807, 2.05) is 0 Å². The van der Waals surface area contributed by atoms with Gasteiger partial charge in [0.15, 0.2) is 0 Å². The fraction of sp³-hybridized carbons (Fsp3) is 0.120. The topological polar surface area (TPSA) is 87.1 Å². The van der Waals surface area contributed by atoms with E-state index in [9.17, 15) is 19.8 Å². The SMILES string of the molecule is COc1c(Cl)cc(C)cc1/C(O)=C1\C(=O)C(=O)N(c2ccc(Cl)c(Cl)c2)C1c1ccc(O)cc1. The van der Waals surface area contributed by atoms with Crippen LogP contribution in [-0.4, -0.2) is 29.0 Å². The largest absolute Gasteiger partial charge is 0.508 e. The van der Waals surface area contributed by atoms with Crippen LogP contribution in [0.1, 0.15) is 22.7 Å². The number of rotatable bonds is 4. The first kappa shape index (κ1) is 24.0. The van der Waals surface area contributed by atoms with Gasteiger partial charge < -0.3 is 14.9 Å². The summed E-state index contributed by atoms with van der Waals surface area (Å²) in [6.45, 7) is 1.77. The number of hydrogen-bond acceptors (Lipinski definition) is 5. The van der Waals surface area contributed by atoms with Gasteiger partial charge in [0, 0.05) is 5.69 Å². The van der Waals surface area contributed by atoms with Crippen LogP contribution < -0.4 is 9.64 Å². The second-order valence-corrected chi connectivity index (χ2v) is 8.91. The average molecular weight is 519 g/mol. The molecule has 6 nitrogen and oxygen atoms in total. The van der Waals surface area contributed by atoms with E-state index in [1.165, 1.54) is 36.3 Å². The Bertz CT molecular complexity index is 1350. The van der Waals surface area contributed by atoms with E-state index in [4.69, 9.17) is 39.5 Å². The van der Waals surface area contributed by atoms with Crippen LogP contribution >= 0.6 is 34.8 Å². The van der Waals surface area contributed by atoms with E-state index in [-0.39, 0.29) is 37.7 Å². The molecule has 1 heterocycles. The monoisotopic (exact) mass is 517 g/mol. The highest BCUT2D eigenvalue weighted by atomic mass is 35.5. The van der Waals surface area contributed by atoms with Gasteiger partial charge in [-0.2, -0.15) is 0 Å². The van der Waals surface area contributed by atoms with Crippen LogP contribution in [-0.2, 0) is 9.59 Å². The van der Waals surface area contributed by atoms with Gasteiger partial charge in [-0.25, -0.2) is 0 Å². The van der Waals surface area contributed by atoms with Crippen molar-refractivity contribution in [2.45, 2.75) is 13.0 Å². The zero-order chi connectivity index (χ0) is 24.7. The molecule has 34 heavy (non-hydrogen) atoms. The maximum absolute atomic E-state index is 13.3. The maximum Gasteiger partial charge on any atom is 0.300 e. The number of hydrogen-bond donors (Lipinski definition) is 2. The minimum atomic E-state index is -1.03. The van der Waals surface area contributed by atoms with Gasteiger partial charge >= 0.3 is 0 Å². The number of halogens is 3. The number of methoxy groups -OCH3 is 1. The first-order valence-corrected chi connectivity index (χ1v) is 11.2. The van der Waals surface area contributed by atoms with Gasteiger partial charge in [0.25, 0.3) is 11.7 Å². The van der Waals surface area contributed by atoms with E-state index in [0.29, 0.717) is 16.8 Å². The third kappa shape index (κ3) is 4.09. The summed E-state index contributed by atoms with van der Waals surface area (Å²) in [6.07, 6.45) is 0. The quantitative estimate of drug-likeness (QED) is 0.241. The minimum Gasteiger partial charge on any atom is -0.508 e. The molecule has 174 valence electrons. The molecule has 3 aromatic rings. The van der Waals surface area contributed by atoms with Crippen molar-refractivity contribution in [3.05, 3.63) is 91.9 Å². The molecule has 1 atom stereocenters. The first-order valence-electron chi connectivity index (χ1n) is 10.0. The van der Waals surface area contributed by atoms with Gasteiger partial charge in [-0.1, -0.05) is 46.9 Å². The highest BCUT2D eigenvalue weighted by Gasteiger charge is 2.47. The molecule has 0 spiro atoms. The number of benzene rings is 3. The molecule has 1 aliphatic rings. The van der Waals surface area contributed by atoms with Gasteiger partial charge in [0.05, 0.1) is 39.4 Å². The molecule has 2 N–H and O–H groups in total. The summed E-state index contributed by atoms with van der Waals surface area (Å²) in [5.74, 6) is -2.05. The number of aliphatic hydroxyl groups is 1. The Kier molecular flexibility index (Phi) is 6.49. The first-order chi connectivity index (χ1) is 16.1. The highest BCUT2D eigenvalue weighted by molar-refractivity contribution is 6.52. The van der Waals surface area contributed by atoms with Crippen LogP contribution in [0.25, 0.3) is 5.76 Å². The number of carbonyl (C=O) groups is 2. The molecule has 0 aromatic heterocycles. The molecule has 9 heteroatoms. The molecule has 1 aliphatic heterocycles. The van der Waals surface area contributed by atoms with E-state index >= 15 is 0 Å². The van der Waals surface area contributed by atoms with Crippen molar-refractivity contribution in [1.82, 2.24) is 0 Å². The smallest absolute Gasteiger partial charge is 0.300 e. The molecular weight excluding hydrogens is 501 g/mol. The summed E-state index contributed by atoms with van der Waals surface area (Å²) in [6, 6.07) is 12.7. The lowest BCUT2D eigenvalue weighted by Crippen LogP contribution is -2.29. The number of aliphatic hydroxyl groups excluding tert-OH is 1. The second kappa shape index (κ2) is 9.22. The Morgan fingerprint density at radius 1 is 0.941 bits per heavy atom. The van der Waals surface area contributed by atoms with Crippen LogP contribution in [0.15, 0.2) is 60.2 Å². The van der Waals surface area contributed by atoms with E-state index in [1.54, 1.807) is 37.3 Å². The third-order valence-electron chi connectivity index (χ3n) is 5.48. The summed E-state index contributed by atoms with van der Waals surface area (Å²) in [4.78, 5) is 27.7. The van der Waals surface area contributed by atoms with Crippen molar-refractivity contribution in [1.29, 1.82) is 0 Å². The van der Waals surface area contributed by atoms with Crippen LogP contribution in [0.3, 0.4) is 0 Å². The van der Waals surface area contributed by atoms with Crippen molar-refractivity contribution in [2.75, 3.05) is 12.0 Å². The van der Waals surface area contributed by atoms with E-state index < -0.39 is 23.5 Å². The predicted molar refractivity (Wildman–Crippen MR) is 132 cm³/mol. The Labute approximate surface area is 210 Å². The van der Waals surface area contributed by atoms with Crippen molar-refractivity contribution in [3.8, 4) is 11.5 Å². The van der Waals surface area contributed by atoms with Crippen molar-refractivity contribution in [2.24, 2.45) is 0 Å². The van der Waals surface area contributed by atoms with Crippen molar-refractivity contribution >= 4 is 57.9 Å². The number of ether oxygens (including phenoxy) is 1. The third-order valence-corrected chi connectivity index (χ3v) is 6.50. The summed E-state index contributed by atoms with van der Waals surface area (Å²) in [7, 11) is 1.39. The standard InChI is InChI=1S/C25H18Cl3NO5/c1-12-9-16(24(34-2)19(28)10-12)22(31)20-21(13-3-6-15(30)7-4-13)29(25(33)23(20)32)14-5-8-17(26)18(27)11-14/h3-11,21,30-31H,1-2H3/b22-20+. The van der Waals surface area contributed by atoms with Gasteiger partial charge in [0.2, 0.25) is 0 Å². The van der Waals surface area contributed by atoms with Crippen molar-refractivity contribution in [3.63, 3.8) is 0 Å². The van der Waals surface area contributed by atoms with E-state index in [0.717, 1.165) is 0 Å². The van der Waals surface area contributed by atoms with Gasteiger partial charge in [-0.15, -0.1) is 0 Å². The molecule has 3 aromatic carbocycles. The number of aryl methyl sites for hydroxylation is 1. The van der Waals surface area contributed by atoms with Crippen molar-refractivity contribution < 1.29 is 24.5 Å². The molecule has 1 saturated heterocycles. The fourth-order valence-electron chi connectivity index (χ4n) is 3.96. The Morgan fingerprint density at radius 2 is 1.62 bits per heavy atom. The molecular formula is C25H18Cl3NO5. The van der Waals surface area contributed by atoms with Crippen LogP contribution in [0.4, 0.5) is 5.69 Å². The lowest BCUT2D eigenvalue weighted by atomic mass is 9.94. The molecule has 0 aliphatic carbocycles. The molecule has 0 radical (unpaired) electrons. The lowest BCUT2D eigenvalue weighted by molar-refractivity contribution is -0.132. The number of Topliss-reactive ketones (excluding diaryl/α,β-unsaturated/α-hetero) is 1. The summed E-state index contributed by atoms with van der Waals surface area (Å²) in [5, 5.41) is 21.8. The Balaban J connectivity index is 2.01. The molecule has 1 unspecified atom stereocenters. The molecule has 1 fully saturated rings. The van der Waals surface area contributed by atoms with Crippen LogP contribution in [0, 0.1) is 6.92 Å². The maximum atomic E-state index is 13.3. The van der Waals surface area contributed by atoms with Crippen LogP contribution in [0.5, 0.6) is 11.5 Å². The summed E-state index contributed by atoms with van der Waals surface area (Å²) in [5.41, 5.74) is 1.50. The number of phenols is 1. The summed E-state index contributed by atoms with van der Waals surface area (Å²) >= 11 is 18.5. The van der Waals surface area contributed by atoms with Gasteiger partial charge in [-0.05, 0) is 60.5 Å². The molecule has 0 saturated carbocycles. The fourth-order valence-corrected chi connectivity index (χ4v) is 4.61. The van der Waals surface area contributed by atoms with E-state index in [2.05, 4.69) is 0 Å². The number of nitrogens with zero attached hydrogens (tertiary/aromatic N) is 1. The highest BCUT2D eigenvalue weighted by Crippen LogP contribution is 2.45. The number of carbonyl (C=O) groups excluding carboxylic acids is 2. The number of amides is 1. The van der Waals surface area contributed by atoms with Crippen LogP contribution in [0.2, 0.25) is 15.1 Å². The number of ketones is 1. The average Bonchev–Trinajstić information content (AvgIpc) is 3.06. The molecule has 1 amide bonds. The number of anilines is 1. The second-order valence-electron chi connectivity index (χ2n) is 7.69. The molecule has 4 rings (SSSR count). The molecule has 0 bridgehead atoms. The normalized spacial score (nSPS) is 17.3. The Hall–Kier alpha value is -3.19. The zero-order valence-electron chi connectivity index (χ0n) is 18.0. The van der Waals surface area contributed by atoms with Gasteiger partial charge in [0.1, 0.15) is 17.3 Å². The minimum absolute atomic E-state index is 0.00220. The Morgan fingerprint density at radius 3 is 2.24 bits per heavy atom. The zero-order valence-corrected chi connectivity index (χ0v) is 20.2.